The van der Waals surface area contributed by atoms with Gasteiger partial charge in [-0.25, -0.2) is 4.79 Å². The molecule has 2 saturated heterocycles. The van der Waals surface area contributed by atoms with E-state index in [9.17, 15) is 9.59 Å². The van der Waals surface area contributed by atoms with Crippen LogP contribution in [0.3, 0.4) is 0 Å². The van der Waals surface area contributed by atoms with Crippen LogP contribution in [0.5, 0.6) is 0 Å². The van der Waals surface area contributed by atoms with Crippen molar-refractivity contribution in [2.75, 3.05) is 6.61 Å². The van der Waals surface area contributed by atoms with E-state index in [1.54, 1.807) is 0 Å². The predicted molar refractivity (Wildman–Crippen MR) is 65.0 cm³/mol. The quantitative estimate of drug-likeness (QED) is 0.608. The smallest absolute Gasteiger partial charge is 0.336 e. The van der Waals surface area contributed by atoms with Gasteiger partial charge in [-0.3, -0.25) is 4.79 Å². The molecule has 0 aromatic carbocycles. The highest BCUT2D eigenvalue weighted by atomic mass is 16.6. The standard InChI is InChI=1S/C14H18O5/c1-8(7-15)12(16)19-14-4-9-2-10(5-14)13(17)18-11(3-9)6-14/h9-11,15H,1-7H2. The van der Waals surface area contributed by atoms with Crippen molar-refractivity contribution < 1.29 is 24.2 Å². The van der Waals surface area contributed by atoms with Crippen LogP contribution in [-0.2, 0) is 19.1 Å². The van der Waals surface area contributed by atoms with E-state index in [1.165, 1.54) is 0 Å². The lowest BCUT2D eigenvalue weighted by molar-refractivity contribution is -0.169. The van der Waals surface area contributed by atoms with Crippen LogP contribution in [0, 0.1) is 11.8 Å². The molecule has 4 atom stereocenters. The molecule has 2 aliphatic carbocycles. The number of carbonyl (C=O) groups is 2. The summed E-state index contributed by atoms with van der Waals surface area (Å²) in [5.74, 6) is -0.469. The predicted octanol–water partition coefficient (Wildman–Crippen LogP) is 0.952. The first kappa shape index (κ1) is 12.7. The number of fused-ring (bicyclic) bond motifs is 1. The van der Waals surface area contributed by atoms with E-state index in [-0.39, 0.29) is 23.6 Å². The summed E-state index contributed by atoms with van der Waals surface area (Å²) in [5, 5.41) is 8.94. The average Bonchev–Trinajstić information content (AvgIpc) is 2.50. The Kier molecular flexibility index (Phi) is 2.89. The van der Waals surface area contributed by atoms with Gasteiger partial charge in [-0.1, -0.05) is 6.58 Å². The Morgan fingerprint density at radius 2 is 2.21 bits per heavy atom. The second-order valence-electron chi connectivity index (χ2n) is 6.04. The largest absolute Gasteiger partial charge is 0.462 e. The lowest BCUT2D eigenvalue weighted by Gasteiger charge is -2.45. The number of hydrogen-bond acceptors (Lipinski definition) is 5. The molecule has 4 aliphatic rings. The molecule has 0 spiro atoms. The van der Waals surface area contributed by atoms with Gasteiger partial charge >= 0.3 is 11.9 Å². The first-order valence-corrected chi connectivity index (χ1v) is 6.74. The fraction of sp³-hybridized carbons (Fsp3) is 0.714. The van der Waals surface area contributed by atoms with Gasteiger partial charge in [-0.05, 0) is 25.2 Å². The van der Waals surface area contributed by atoms with Crippen LogP contribution < -0.4 is 0 Å². The van der Waals surface area contributed by atoms with Gasteiger partial charge in [0.2, 0.25) is 0 Å². The molecule has 5 nitrogen and oxygen atoms in total. The summed E-state index contributed by atoms with van der Waals surface area (Å²) in [5.41, 5.74) is -0.542. The fourth-order valence-corrected chi connectivity index (χ4v) is 3.83. The molecule has 2 aliphatic heterocycles. The lowest BCUT2D eigenvalue weighted by Crippen LogP contribution is -2.48. The van der Waals surface area contributed by atoms with Crippen LogP contribution in [0.4, 0.5) is 0 Å². The molecule has 19 heavy (non-hydrogen) atoms. The molecule has 0 aromatic heterocycles. The van der Waals surface area contributed by atoms with Crippen molar-refractivity contribution in [2.24, 2.45) is 11.8 Å². The molecule has 4 fully saturated rings. The van der Waals surface area contributed by atoms with Gasteiger partial charge in [0.25, 0.3) is 0 Å². The molecule has 104 valence electrons. The monoisotopic (exact) mass is 266 g/mol. The Morgan fingerprint density at radius 3 is 2.95 bits per heavy atom. The van der Waals surface area contributed by atoms with Crippen LogP contribution in [-0.4, -0.2) is 35.4 Å². The fourth-order valence-electron chi connectivity index (χ4n) is 3.83. The highest BCUT2D eigenvalue weighted by Crippen LogP contribution is 2.51. The molecule has 4 unspecified atom stereocenters. The van der Waals surface area contributed by atoms with Crippen molar-refractivity contribution >= 4 is 11.9 Å². The minimum Gasteiger partial charge on any atom is -0.462 e. The normalized spacial score (nSPS) is 39.6. The molecule has 2 heterocycles. The Balaban J connectivity index is 1.82. The van der Waals surface area contributed by atoms with E-state index in [0.717, 1.165) is 19.3 Å². The minimum absolute atomic E-state index is 0.0571. The number of hydrogen-bond donors (Lipinski definition) is 1. The molecular weight excluding hydrogens is 248 g/mol. The van der Waals surface area contributed by atoms with Gasteiger partial charge in [-0.15, -0.1) is 0 Å². The summed E-state index contributed by atoms with van der Waals surface area (Å²) in [6, 6.07) is 0. The molecule has 0 amide bonds. The third-order valence-corrected chi connectivity index (χ3v) is 4.50. The SMILES string of the molecule is C=C(CO)C(=O)OC12CC3CC(C1)OC(=O)C(C3)C2. The third kappa shape index (κ3) is 2.16. The maximum absolute atomic E-state index is 11.9. The number of rotatable bonds is 3. The Labute approximate surface area is 111 Å². The van der Waals surface area contributed by atoms with Crippen molar-refractivity contribution in [3.05, 3.63) is 12.2 Å². The van der Waals surface area contributed by atoms with E-state index in [0.29, 0.717) is 18.8 Å². The molecule has 1 N–H and O–H groups in total. The van der Waals surface area contributed by atoms with Crippen molar-refractivity contribution in [1.82, 2.24) is 0 Å². The number of carbonyl (C=O) groups excluding carboxylic acids is 2. The Bertz CT molecular complexity index is 443. The van der Waals surface area contributed by atoms with Gasteiger partial charge in [-0.2, -0.15) is 0 Å². The van der Waals surface area contributed by atoms with Gasteiger partial charge in [0.05, 0.1) is 18.1 Å². The van der Waals surface area contributed by atoms with Crippen molar-refractivity contribution in [3.8, 4) is 0 Å². The zero-order chi connectivity index (χ0) is 13.6. The topological polar surface area (TPSA) is 72.8 Å². The zero-order valence-corrected chi connectivity index (χ0v) is 10.8. The van der Waals surface area contributed by atoms with Crippen molar-refractivity contribution in [2.45, 2.75) is 43.8 Å². The molecule has 5 heteroatoms. The summed E-state index contributed by atoms with van der Waals surface area (Å²) < 4.78 is 11.0. The first-order valence-electron chi connectivity index (χ1n) is 6.74. The van der Waals surface area contributed by atoms with Crippen LogP contribution >= 0.6 is 0 Å². The van der Waals surface area contributed by atoms with Crippen molar-refractivity contribution in [1.29, 1.82) is 0 Å². The van der Waals surface area contributed by atoms with Gasteiger partial charge in [0.1, 0.15) is 11.7 Å². The maximum atomic E-state index is 11.9. The molecule has 4 rings (SSSR count). The number of esters is 2. The van der Waals surface area contributed by atoms with E-state index in [2.05, 4.69) is 6.58 Å². The van der Waals surface area contributed by atoms with Gasteiger partial charge in [0, 0.05) is 12.8 Å². The number of aliphatic hydroxyl groups excluding tert-OH is 1. The lowest BCUT2D eigenvalue weighted by atomic mass is 9.65. The van der Waals surface area contributed by atoms with E-state index in [4.69, 9.17) is 14.6 Å². The molecule has 2 saturated carbocycles. The molecule has 0 aromatic rings. The van der Waals surface area contributed by atoms with Crippen LogP contribution in [0.25, 0.3) is 0 Å². The maximum Gasteiger partial charge on any atom is 0.336 e. The minimum atomic E-state index is -0.599. The second kappa shape index (κ2) is 4.34. The first-order chi connectivity index (χ1) is 9.01. The summed E-state index contributed by atoms with van der Waals surface area (Å²) in [6.07, 6.45) is 3.51. The average molecular weight is 266 g/mol. The zero-order valence-electron chi connectivity index (χ0n) is 10.8. The van der Waals surface area contributed by atoms with Gasteiger partial charge < -0.3 is 14.6 Å². The second-order valence-corrected chi connectivity index (χ2v) is 6.04. The van der Waals surface area contributed by atoms with Crippen LogP contribution in [0.1, 0.15) is 32.1 Å². The molecule has 4 bridgehead atoms. The highest BCUT2D eigenvalue weighted by Gasteiger charge is 2.54. The van der Waals surface area contributed by atoms with E-state index >= 15 is 0 Å². The van der Waals surface area contributed by atoms with Crippen LogP contribution in [0.2, 0.25) is 0 Å². The van der Waals surface area contributed by atoms with Crippen LogP contribution in [0.15, 0.2) is 12.2 Å². The summed E-state index contributed by atoms with van der Waals surface area (Å²) >= 11 is 0. The third-order valence-electron chi connectivity index (χ3n) is 4.50. The Hall–Kier alpha value is -1.36. The molecule has 0 radical (unpaired) electrons. The van der Waals surface area contributed by atoms with E-state index < -0.39 is 18.2 Å². The van der Waals surface area contributed by atoms with Crippen molar-refractivity contribution in [3.63, 3.8) is 0 Å². The Morgan fingerprint density at radius 1 is 1.42 bits per heavy atom. The summed E-state index contributed by atoms with van der Waals surface area (Å²) in [7, 11) is 0. The van der Waals surface area contributed by atoms with Gasteiger partial charge in [0.15, 0.2) is 0 Å². The summed E-state index contributed by atoms with van der Waals surface area (Å²) in [4.78, 5) is 23.7. The number of ether oxygens (including phenoxy) is 2. The van der Waals surface area contributed by atoms with E-state index in [1.807, 2.05) is 0 Å². The number of aliphatic hydroxyl groups is 1. The highest BCUT2D eigenvalue weighted by molar-refractivity contribution is 5.88. The molecular formula is C14H18O5. The summed E-state index contributed by atoms with van der Waals surface area (Å²) in [6.45, 7) is 3.08.